The third kappa shape index (κ3) is 4.92. The van der Waals surface area contributed by atoms with Crippen molar-refractivity contribution >= 4 is 23.7 Å². The SMILES string of the molecule is Cc1ccc(/C=N\NC(=O)c2cccn(Cc3ccc(Cl)cc3)c2=O)cc1. The van der Waals surface area contributed by atoms with Crippen LogP contribution >= 0.6 is 11.6 Å². The van der Waals surface area contributed by atoms with Gasteiger partial charge in [-0.1, -0.05) is 53.6 Å². The van der Waals surface area contributed by atoms with Crippen LogP contribution in [0, 0.1) is 6.92 Å². The van der Waals surface area contributed by atoms with Crippen molar-refractivity contribution in [3.05, 3.63) is 104 Å². The summed E-state index contributed by atoms with van der Waals surface area (Å²) in [5.41, 5.74) is 4.97. The normalized spacial score (nSPS) is 10.9. The van der Waals surface area contributed by atoms with Gasteiger partial charge in [0.1, 0.15) is 5.56 Å². The Bertz CT molecular complexity index is 1020. The summed E-state index contributed by atoms with van der Waals surface area (Å²) in [5, 5.41) is 4.55. The van der Waals surface area contributed by atoms with Crippen molar-refractivity contribution in [2.45, 2.75) is 13.5 Å². The number of aryl methyl sites for hydroxylation is 1. The number of nitrogens with one attached hydrogen (secondary N) is 1. The molecule has 3 aromatic rings. The Balaban J connectivity index is 1.72. The first kappa shape index (κ1) is 18.6. The van der Waals surface area contributed by atoms with Gasteiger partial charge in [-0.3, -0.25) is 9.59 Å². The van der Waals surface area contributed by atoms with E-state index in [1.165, 1.54) is 16.8 Å². The van der Waals surface area contributed by atoms with Crippen molar-refractivity contribution in [2.75, 3.05) is 0 Å². The van der Waals surface area contributed by atoms with Crippen LogP contribution in [0.25, 0.3) is 0 Å². The molecule has 0 saturated heterocycles. The van der Waals surface area contributed by atoms with E-state index in [9.17, 15) is 9.59 Å². The number of benzene rings is 2. The third-order valence-corrected chi connectivity index (χ3v) is 4.24. The predicted molar refractivity (Wildman–Crippen MR) is 107 cm³/mol. The molecule has 0 spiro atoms. The molecular weight excluding hydrogens is 362 g/mol. The summed E-state index contributed by atoms with van der Waals surface area (Å²) >= 11 is 5.88. The predicted octanol–water partition coefficient (Wildman–Crippen LogP) is 3.62. The van der Waals surface area contributed by atoms with Crippen LogP contribution in [-0.4, -0.2) is 16.7 Å². The van der Waals surface area contributed by atoms with E-state index in [1.54, 1.807) is 24.4 Å². The molecule has 5 nitrogen and oxygen atoms in total. The zero-order chi connectivity index (χ0) is 19.2. The quantitative estimate of drug-likeness (QED) is 0.543. The minimum absolute atomic E-state index is 0.0347. The molecule has 0 aliphatic carbocycles. The van der Waals surface area contributed by atoms with Crippen molar-refractivity contribution < 1.29 is 4.79 Å². The van der Waals surface area contributed by atoms with Crippen LogP contribution in [0.4, 0.5) is 0 Å². The molecule has 2 aromatic carbocycles. The summed E-state index contributed by atoms with van der Waals surface area (Å²) in [4.78, 5) is 24.9. The van der Waals surface area contributed by atoms with Crippen molar-refractivity contribution in [3.8, 4) is 0 Å². The van der Waals surface area contributed by atoms with Crippen LogP contribution in [0.15, 0.2) is 76.8 Å². The van der Waals surface area contributed by atoms with E-state index >= 15 is 0 Å². The average molecular weight is 380 g/mol. The maximum atomic E-state index is 12.6. The van der Waals surface area contributed by atoms with Gasteiger partial charge < -0.3 is 4.57 Å². The lowest BCUT2D eigenvalue weighted by atomic mass is 10.2. The van der Waals surface area contributed by atoms with Crippen LogP contribution in [-0.2, 0) is 6.54 Å². The van der Waals surface area contributed by atoms with Gasteiger partial charge >= 0.3 is 0 Å². The summed E-state index contributed by atoms with van der Waals surface area (Å²) in [7, 11) is 0. The number of hydrazone groups is 1. The van der Waals surface area contributed by atoms with Gasteiger partial charge in [-0.25, -0.2) is 5.43 Å². The molecule has 0 aliphatic heterocycles. The highest BCUT2D eigenvalue weighted by Crippen LogP contribution is 2.10. The molecule has 1 heterocycles. The summed E-state index contributed by atoms with van der Waals surface area (Å²) in [6, 6.07) is 18.1. The Morgan fingerprint density at radius 1 is 1.11 bits per heavy atom. The van der Waals surface area contributed by atoms with E-state index in [2.05, 4.69) is 10.5 Å². The van der Waals surface area contributed by atoms with Crippen LogP contribution in [0.2, 0.25) is 5.02 Å². The Kier molecular flexibility index (Phi) is 5.84. The zero-order valence-electron chi connectivity index (χ0n) is 14.7. The first-order chi connectivity index (χ1) is 13.0. The molecule has 3 rings (SSSR count). The number of carbonyl (C=O) groups excluding carboxylic acids is 1. The van der Waals surface area contributed by atoms with Gasteiger partial charge in [0.05, 0.1) is 12.8 Å². The van der Waals surface area contributed by atoms with E-state index in [0.29, 0.717) is 11.6 Å². The topological polar surface area (TPSA) is 63.5 Å². The highest BCUT2D eigenvalue weighted by molar-refractivity contribution is 6.30. The number of aromatic nitrogens is 1. The van der Waals surface area contributed by atoms with Gasteiger partial charge in [0.2, 0.25) is 0 Å². The number of rotatable bonds is 5. The molecule has 0 radical (unpaired) electrons. The molecule has 1 N–H and O–H groups in total. The number of hydrogen-bond donors (Lipinski definition) is 1. The minimum atomic E-state index is -0.547. The summed E-state index contributed by atoms with van der Waals surface area (Å²) in [6.07, 6.45) is 3.18. The maximum absolute atomic E-state index is 12.6. The first-order valence-corrected chi connectivity index (χ1v) is 8.75. The summed E-state index contributed by atoms with van der Waals surface area (Å²) < 4.78 is 1.47. The van der Waals surface area contributed by atoms with E-state index in [0.717, 1.165) is 16.7 Å². The average Bonchev–Trinajstić information content (AvgIpc) is 2.66. The molecule has 27 heavy (non-hydrogen) atoms. The molecule has 0 unspecified atom stereocenters. The fourth-order valence-electron chi connectivity index (χ4n) is 2.50. The number of amides is 1. The van der Waals surface area contributed by atoms with E-state index in [4.69, 9.17) is 11.6 Å². The van der Waals surface area contributed by atoms with Gasteiger partial charge in [-0.2, -0.15) is 5.10 Å². The van der Waals surface area contributed by atoms with Gasteiger partial charge in [0.25, 0.3) is 11.5 Å². The van der Waals surface area contributed by atoms with Gasteiger partial charge in [-0.05, 0) is 42.3 Å². The van der Waals surface area contributed by atoms with E-state index in [1.807, 2.05) is 43.3 Å². The lowest BCUT2D eigenvalue weighted by Crippen LogP contribution is -2.30. The highest BCUT2D eigenvalue weighted by Gasteiger charge is 2.11. The van der Waals surface area contributed by atoms with Crippen molar-refractivity contribution in [2.24, 2.45) is 5.10 Å². The maximum Gasteiger partial charge on any atom is 0.276 e. The molecule has 0 fully saturated rings. The van der Waals surface area contributed by atoms with Crippen LogP contribution in [0.3, 0.4) is 0 Å². The zero-order valence-corrected chi connectivity index (χ0v) is 15.5. The molecule has 0 aliphatic rings. The largest absolute Gasteiger partial charge is 0.310 e. The Morgan fingerprint density at radius 2 is 1.81 bits per heavy atom. The smallest absolute Gasteiger partial charge is 0.276 e. The number of hydrogen-bond acceptors (Lipinski definition) is 3. The molecule has 136 valence electrons. The second kappa shape index (κ2) is 8.47. The summed E-state index contributed by atoms with van der Waals surface area (Å²) in [5.74, 6) is -0.547. The first-order valence-electron chi connectivity index (χ1n) is 8.37. The van der Waals surface area contributed by atoms with Crippen molar-refractivity contribution in [1.29, 1.82) is 0 Å². The lowest BCUT2D eigenvalue weighted by molar-refractivity contribution is 0.0953. The molecule has 1 amide bonds. The van der Waals surface area contributed by atoms with Gasteiger partial charge in [0.15, 0.2) is 0 Å². The fraction of sp³-hybridized carbons (Fsp3) is 0.0952. The van der Waals surface area contributed by atoms with Gasteiger partial charge in [-0.15, -0.1) is 0 Å². The van der Waals surface area contributed by atoms with Crippen LogP contribution < -0.4 is 11.0 Å². The van der Waals surface area contributed by atoms with Crippen molar-refractivity contribution in [1.82, 2.24) is 9.99 Å². The standard InChI is InChI=1S/C21H18ClN3O2/c1-15-4-6-16(7-5-15)13-23-24-20(26)19-3-2-12-25(21(19)27)14-17-8-10-18(22)11-9-17/h2-13H,14H2,1H3,(H,24,26)/b23-13-. The number of pyridine rings is 1. The molecule has 0 saturated carbocycles. The Labute approximate surface area is 161 Å². The Morgan fingerprint density at radius 3 is 2.52 bits per heavy atom. The van der Waals surface area contributed by atoms with Crippen LogP contribution in [0.5, 0.6) is 0 Å². The number of carbonyl (C=O) groups is 1. The van der Waals surface area contributed by atoms with Crippen molar-refractivity contribution in [3.63, 3.8) is 0 Å². The second-order valence-corrected chi connectivity index (χ2v) is 6.53. The monoisotopic (exact) mass is 379 g/mol. The van der Waals surface area contributed by atoms with Crippen LogP contribution in [0.1, 0.15) is 27.0 Å². The fourth-order valence-corrected chi connectivity index (χ4v) is 2.62. The molecule has 1 aromatic heterocycles. The lowest BCUT2D eigenvalue weighted by Gasteiger charge is -2.08. The van der Waals surface area contributed by atoms with E-state index < -0.39 is 5.91 Å². The second-order valence-electron chi connectivity index (χ2n) is 6.09. The summed E-state index contributed by atoms with van der Waals surface area (Å²) in [6.45, 7) is 2.34. The third-order valence-electron chi connectivity index (χ3n) is 3.99. The molecule has 0 atom stereocenters. The highest BCUT2D eigenvalue weighted by atomic mass is 35.5. The number of halogens is 1. The molecular formula is C21H18ClN3O2. The Hall–Kier alpha value is -3.18. The molecule has 0 bridgehead atoms. The minimum Gasteiger partial charge on any atom is -0.310 e. The number of nitrogens with zero attached hydrogens (tertiary/aromatic N) is 2. The van der Waals surface area contributed by atoms with E-state index in [-0.39, 0.29) is 11.1 Å². The van der Waals surface area contributed by atoms with Gasteiger partial charge in [0, 0.05) is 11.2 Å². The molecule has 6 heteroatoms.